The van der Waals surface area contributed by atoms with Crippen LogP contribution in [0.1, 0.15) is 19.8 Å². The molecule has 2 N–H and O–H groups in total. The minimum Gasteiger partial charge on any atom is -0.399 e. The second kappa shape index (κ2) is 4.78. The van der Waals surface area contributed by atoms with Crippen LogP contribution in [-0.2, 0) is 10.0 Å². The van der Waals surface area contributed by atoms with Crippen LogP contribution in [0, 0.1) is 10.1 Å². The monoisotopic (exact) mass is 285 g/mol. The second-order valence-electron chi connectivity index (χ2n) is 4.42. The number of sulfonamides is 1. The zero-order chi connectivity index (χ0) is 14.2. The van der Waals surface area contributed by atoms with E-state index in [2.05, 4.69) is 0 Å². The lowest BCUT2D eigenvalue weighted by molar-refractivity contribution is -0.387. The Kier molecular flexibility index (Phi) is 3.46. The summed E-state index contributed by atoms with van der Waals surface area (Å²) in [6.07, 6.45) is 1.59. The summed E-state index contributed by atoms with van der Waals surface area (Å²) in [6, 6.07) is 3.56. The molecule has 0 unspecified atom stereocenters. The van der Waals surface area contributed by atoms with Gasteiger partial charge in [-0.25, -0.2) is 8.42 Å². The highest BCUT2D eigenvalue weighted by Gasteiger charge is 2.39. The maximum atomic E-state index is 12.5. The molecule has 0 aromatic heterocycles. The fraction of sp³-hybridized carbons (Fsp3) is 0.455. The van der Waals surface area contributed by atoms with Crippen molar-refractivity contribution >= 4 is 21.4 Å². The molecule has 7 nitrogen and oxygen atoms in total. The van der Waals surface area contributed by atoms with Crippen LogP contribution in [0.5, 0.6) is 0 Å². The maximum absolute atomic E-state index is 12.5. The molecule has 0 bridgehead atoms. The van der Waals surface area contributed by atoms with Gasteiger partial charge in [0.05, 0.1) is 4.92 Å². The van der Waals surface area contributed by atoms with E-state index in [1.165, 1.54) is 10.4 Å². The van der Waals surface area contributed by atoms with Crippen LogP contribution in [0.2, 0.25) is 0 Å². The van der Waals surface area contributed by atoms with E-state index in [1.54, 1.807) is 6.92 Å². The molecule has 104 valence electrons. The van der Waals surface area contributed by atoms with Crippen LogP contribution >= 0.6 is 0 Å². The first-order valence-electron chi connectivity index (χ1n) is 5.93. The van der Waals surface area contributed by atoms with Crippen molar-refractivity contribution in [2.75, 3.05) is 12.3 Å². The lowest BCUT2D eigenvalue weighted by atomic mass is 10.3. The number of benzene rings is 1. The van der Waals surface area contributed by atoms with Gasteiger partial charge in [-0.15, -0.1) is 0 Å². The quantitative estimate of drug-likeness (QED) is 0.499. The third-order valence-corrected chi connectivity index (χ3v) is 5.09. The van der Waals surface area contributed by atoms with Gasteiger partial charge in [0.2, 0.25) is 10.0 Å². The van der Waals surface area contributed by atoms with Gasteiger partial charge in [0.15, 0.2) is 4.90 Å². The standard InChI is InChI=1S/C11H15N3O4S/c1-2-13(9-4-5-9)19(17,18)11-7-8(12)3-6-10(11)14(15)16/h3,6-7,9H,2,4-5,12H2,1H3. The highest BCUT2D eigenvalue weighted by atomic mass is 32.2. The van der Waals surface area contributed by atoms with Gasteiger partial charge in [-0.1, -0.05) is 6.92 Å². The Bertz CT molecular complexity index is 610. The third-order valence-electron chi connectivity index (χ3n) is 3.03. The molecule has 1 saturated carbocycles. The number of nitro groups is 1. The summed E-state index contributed by atoms with van der Waals surface area (Å²) >= 11 is 0. The molecule has 0 spiro atoms. The van der Waals surface area contributed by atoms with Crippen molar-refractivity contribution in [3.8, 4) is 0 Å². The van der Waals surface area contributed by atoms with Crippen molar-refractivity contribution in [2.24, 2.45) is 0 Å². The second-order valence-corrected chi connectivity index (χ2v) is 6.28. The van der Waals surface area contributed by atoms with Crippen LogP contribution in [-0.4, -0.2) is 30.2 Å². The van der Waals surface area contributed by atoms with Crippen LogP contribution in [0.4, 0.5) is 11.4 Å². The molecule has 0 heterocycles. The Morgan fingerprint density at radius 1 is 1.47 bits per heavy atom. The van der Waals surface area contributed by atoms with Gasteiger partial charge in [0, 0.05) is 24.3 Å². The van der Waals surface area contributed by atoms with Crippen molar-refractivity contribution in [1.29, 1.82) is 0 Å². The molecule has 1 fully saturated rings. The molecule has 0 amide bonds. The summed E-state index contributed by atoms with van der Waals surface area (Å²) in [4.78, 5) is 9.93. The fourth-order valence-corrected chi connectivity index (χ4v) is 3.89. The lowest BCUT2D eigenvalue weighted by Gasteiger charge is -2.19. The molecule has 0 aliphatic heterocycles. The largest absolute Gasteiger partial charge is 0.399 e. The first-order valence-corrected chi connectivity index (χ1v) is 7.37. The Hall–Kier alpha value is -1.67. The van der Waals surface area contributed by atoms with E-state index in [-0.39, 0.29) is 16.6 Å². The summed E-state index contributed by atoms with van der Waals surface area (Å²) in [5, 5.41) is 11.0. The van der Waals surface area contributed by atoms with Crippen LogP contribution in [0.25, 0.3) is 0 Å². The summed E-state index contributed by atoms with van der Waals surface area (Å²) in [5.74, 6) is 0. The first-order chi connectivity index (χ1) is 8.87. The number of hydrogen-bond donors (Lipinski definition) is 1. The Labute approximate surface area is 111 Å². The predicted molar refractivity (Wildman–Crippen MR) is 70.1 cm³/mol. The molecule has 0 saturated heterocycles. The average molecular weight is 285 g/mol. The average Bonchev–Trinajstić information content (AvgIpc) is 3.13. The summed E-state index contributed by atoms with van der Waals surface area (Å²) in [7, 11) is -3.87. The van der Waals surface area contributed by atoms with E-state index < -0.39 is 20.6 Å². The predicted octanol–water partition coefficient (Wildman–Crippen LogP) is 1.35. The molecule has 0 radical (unpaired) electrons. The van der Waals surface area contributed by atoms with Gasteiger partial charge in [-0.05, 0) is 25.0 Å². The summed E-state index contributed by atoms with van der Waals surface area (Å²) in [6.45, 7) is 2.01. The SMILES string of the molecule is CCN(C1CC1)S(=O)(=O)c1cc(N)ccc1[N+](=O)[O-]. The fourth-order valence-electron chi connectivity index (χ4n) is 2.00. The normalized spacial score (nSPS) is 15.7. The van der Waals surface area contributed by atoms with Gasteiger partial charge in [0.1, 0.15) is 0 Å². The number of rotatable bonds is 5. The molecular weight excluding hydrogens is 270 g/mol. The van der Waals surface area contributed by atoms with E-state index >= 15 is 0 Å². The maximum Gasteiger partial charge on any atom is 0.289 e. The minimum atomic E-state index is -3.87. The molecule has 1 aromatic rings. The van der Waals surface area contributed by atoms with Crippen LogP contribution in [0.15, 0.2) is 23.1 Å². The van der Waals surface area contributed by atoms with Crippen molar-refractivity contribution < 1.29 is 13.3 Å². The number of nitro benzene ring substituents is 1. The van der Waals surface area contributed by atoms with Crippen LogP contribution in [0.3, 0.4) is 0 Å². The van der Waals surface area contributed by atoms with E-state index in [0.29, 0.717) is 6.54 Å². The number of hydrogen-bond acceptors (Lipinski definition) is 5. The Balaban J connectivity index is 2.55. The number of nitrogen functional groups attached to an aromatic ring is 1. The molecule has 0 atom stereocenters. The van der Waals surface area contributed by atoms with E-state index in [9.17, 15) is 18.5 Å². The highest BCUT2D eigenvalue weighted by Crippen LogP contribution is 2.35. The number of nitrogens with two attached hydrogens (primary N) is 1. The molecular formula is C11H15N3O4S. The number of nitrogens with zero attached hydrogens (tertiary/aromatic N) is 2. The summed E-state index contributed by atoms with van der Waals surface area (Å²) in [5.41, 5.74) is 5.31. The minimum absolute atomic E-state index is 0.0453. The summed E-state index contributed by atoms with van der Waals surface area (Å²) < 4.78 is 26.3. The molecule has 1 aromatic carbocycles. The van der Waals surface area contributed by atoms with Crippen LogP contribution < -0.4 is 5.73 Å². The van der Waals surface area contributed by atoms with Crippen molar-refractivity contribution in [1.82, 2.24) is 4.31 Å². The van der Waals surface area contributed by atoms with Crippen molar-refractivity contribution in [2.45, 2.75) is 30.7 Å². The Morgan fingerprint density at radius 2 is 2.11 bits per heavy atom. The van der Waals surface area contributed by atoms with Crippen molar-refractivity contribution in [3.05, 3.63) is 28.3 Å². The molecule has 1 aliphatic rings. The van der Waals surface area contributed by atoms with Gasteiger partial charge < -0.3 is 5.73 Å². The highest BCUT2D eigenvalue weighted by molar-refractivity contribution is 7.89. The third kappa shape index (κ3) is 2.54. The van der Waals surface area contributed by atoms with Gasteiger partial charge in [-0.2, -0.15) is 4.31 Å². The van der Waals surface area contributed by atoms with E-state index in [4.69, 9.17) is 5.73 Å². The van der Waals surface area contributed by atoms with Gasteiger partial charge in [0.25, 0.3) is 5.69 Å². The van der Waals surface area contributed by atoms with E-state index in [1.807, 2.05) is 0 Å². The topological polar surface area (TPSA) is 107 Å². The van der Waals surface area contributed by atoms with Crippen molar-refractivity contribution in [3.63, 3.8) is 0 Å². The molecule has 1 aliphatic carbocycles. The zero-order valence-electron chi connectivity index (χ0n) is 10.4. The lowest BCUT2D eigenvalue weighted by Crippen LogP contribution is -2.33. The van der Waals surface area contributed by atoms with Gasteiger partial charge in [-0.3, -0.25) is 10.1 Å². The van der Waals surface area contributed by atoms with E-state index in [0.717, 1.165) is 25.0 Å². The first kappa shape index (κ1) is 13.8. The zero-order valence-corrected chi connectivity index (χ0v) is 11.3. The Morgan fingerprint density at radius 3 is 2.58 bits per heavy atom. The number of anilines is 1. The van der Waals surface area contributed by atoms with Gasteiger partial charge >= 0.3 is 0 Å². The molecule has 2 rings (SSSR count). The molecule has 8 heteroatoms. The smallest absolute Gasteiger partial charge is 0.289 e. The molecule has 19 heavy (non-hydrogen) atoms.